The Balaban J connectivity index is 2.12. The Morgan fingerprint density at radius 3 is 2.94 bits per heavy atom. The summed E-state index contributed by atoms with van der Waals surface area (Å²) in [4.78, 5) is 4.04. The highest BCUT2D eigenvalue weighted by Crippen LogP contribution is 2.21. The van der Waals surface area contributed by atoms with Crippen molar-refractivity contribution in [3.8, 4) is 6.07 Å². The van der Waals surface area contributed by atoms with Crippen molar-refractivity contribution in [2.45, 2.75) is 18.9 Å². The molecule has 0 aromatic carbocycles. The smallest absolute Gasteiger partial charge is 0.152 e. The molecule has 1 unspecified atom stereocenters. The third-order valence-corrected chi connectivity index (χ3v) is 4.67. The van der Waals surface area contributed by atoms with Crippen molar-refractivity contribution >= 4 is 21.3 Å². The van der Waals surface area contributed by atoms with Gasteiger partial charge in [0, 0.05) is 12.2 Å². The van der Waals surface area contributed by atoms with E-state index in [0.717, 1.165) is 6.42 Å². The van der Waals surface area contributed by atoms with E-state index < -0.39 is 9.84 Å². The summed E-state index contributed by atoms with van der Waals surface area (Å²) in [6.45, 7) is 0. The van der Waals surface area contributed by atoms with Gasteiger partial charge in [0.05, 0.1) is 22.8 Å². The van der Waals surface area contributed by atoms with Gasteiger partial charge in [-0.2, -0.15) is 5.26 Å². The molecule has 1 aliphatic heterocycles. The molecular weight excluding hydrogens is 252 g/mol. The number of nitrogens with one attached hydrogen (secondary N) is 1. The van der Waals surface area contributed by atoms with E-state index in [-0.39, 0.29) is 17.5 Å². The molecular formula is C11H14N4O2S. The molecule has 1 atom stereocenters. The van der Waals surface area contributed by atoms with Crippen molar-refractivity contribution in [3.63, 3.8) is 0 Å². The Labute approximate surface area is 106 Å². The summed E-state index contributed by atoms with van der Waals surface area (Å²) in [5.74, 6) is 0.798. The van der Waals surface area contributed by atoms with E-state index in [1.54, 1.807) is 0 Å². The zero-order valence-corrected chi connectivity index (χ0v) is 10.6. The van der Waals surface area contributed by atoms with Gasteiger partial charge in [-0.05, 0) is 18.9 Å². The molecule has 0 bridgehead atoms. The normalized spacial score (nSPS) is 22.1. The number of anilines is 2. The summed E-state index contributed by atoms with van der Waals surface area (Å²) in [5, 5.41) is 11.7. The molecule has 2 heterocycles. The van der Waals surface area contributed by atoms with Crippen LogP contribution in [0.25, 0.3) is 0 Å². The van der Waals surface area contributed by atoms with Gasteiger partial charge in [0.25, 0.3) is 0 Å². The van der Waals surface area contributed by atoms with Crippen LogP contribution >= 0.6 is 0 Å². The Kier molecular flexibility index (Phi) is 3.39. The maximum atomic E-state index is 11.5. The average molecular weight is 266 g/mol. The first-order chi connectivity index (χ1) is 8.50. The standard InChI is InChI=1S/C11H14N4O2S/c12-5-8-4-10(13)11(14-6-8)15-9-2-1-3-18(16,17)7-9/h4,6,9H,1-3,7,13H2,(H,14,15). The van der Waals surface area contributed by atoms with E-state index in [4.69, 9.17) is 11.0 Å². The molecule has 3 N–H and O–H groups in total. The highest BCUT2D eigenvalue weighted by Gasteiger charge is 2.25. The molecule has 6 nitrogen and oxygen atoms in total. The SMILES string of the molecule is N#Cc1cnc(NC2CCCS(=O)(=O)C2)c(N)c1. The Bertz CT molecular complexity index is 592. The van der Waals surface area contributed by atoms with Crippen LogP contribution < -0.4 is 11.1 Å². The van der Waals surface area contributed by atoms with Crippen LogP contribution in [0.2, 0.25) is 0 Å². The van der Waals surface area contributed by atoms with Gasteiger partial charge in [-0.15, -0.1) is 0 Å². The second-order valence-corrected chi connectivity index (χ2v) is 6.60. The van der Waals surface area contributed by atoms with E-state index in [0.29, 0.717) is 23.5 Å². The van der Waals surface area contributed by atoms with Gasteiger partial charge >= 0.3 is 0 Å². The molecule has 7 heteroatoms. The van der Waals surface area contributed by atoms with Crippen molar-refractivity contribution in [2.75, 3.05) is 22.6 Å². The number of hydrogen-bond donors (Lipinski definition) is 2. The van der Waals surface area contributed by atoms with Crippen molar-refractivity contribution in [1.82, 2.24) is 4.98 Å². The summed E-state index contributed by atoms with van der Waals surface area (Å²) in [5.41, 5.74) is 6.50. The number of nitrogen functional groups attached to an aromatic ring is 1. The molecule has 1 saturated heterocycles. The van der Waals surface area contributed by atoms with E-state index in [1.807, 2.05) is 6.07 Å². The van der Waals surface area contributed by atoms with Crippen molar-refractivity contribution < 1.29 is 8.42 Å². The minimum Gasteiger partial charge on any atom is -0.396 e. The number of nitrogens with zero attached hydrogens (tertiary/aromatic N) is 2. The topological polar surface area (TPSA) is 109 Å². The first-order valence-electron chi connectivity index (χ1n) is 5.63. The van der Waals surface area contributed by atoms with E-state index >= 15 is 0 Å². The number of sulfone groups is 1. The Hall–Kier alpha value is -1.81. The van der Waals surface area contributed by atoms with Crippen molar-refractivity contribution in [2.24, 2.45) is 0 Å². The maximum absolute atomic E-state index is 11.5. The fourth-order valence-electron chi connectivity index (χ4n) is 1.99. The van der Waals surface area contributed by atoms with Crippen LogP contribution in [-0.4, -0.2) is 30.9 Å². The molecule has 96 valence electrons. The van der Waals surface area contributed by atoms with Gasteiger partial charge in [0.2, 0.25) is 0 Å². The van der Waals surface area contributed by atoms with E-state index in [2.05, 4.69) is 10.3 Å². The summed E-state index contributed by atoms with van der Waals surface area (Å²) in [6.07, 6.45) is 2.84. The van der Waals surface area contributed by atoms with Gasteiger partial charge in [0.1, 0.15) is 11.9 Å². The quantitative estimate of drug-likeness (QED) is 0.808. The Morgan fingerprint density at radius 1 is 1.56 bits per heavy atom. The number of nitriles is 1. The van der Waals surface area contributed by atoms with E-state index in [1.165, 1.54) is 12.3 Å². The minimum atomic E-state index is -2.96. The summed E-state index contributed by atoms with van der Waals surface area (Å²) < 4.78 is 23.0. The molecule has 2 rings (SSSR count). The number of aromatic nitrogens is 1. The monoisotopic (exact) mass is 266 g/mol. The van der Waals surface area contributed by atoms with Gasteiger partial charge in [-0.1, -0.05) is 0 Å². The third kappa shape index (κ3) is 2.90. The average Bonchev–Trinajstić information content (AvgIpc) is 2.30. The lowest BCUT2D eigenvalue weighted by Crippen LogP contribution is -2.35. The second-order valence-electron chi connectivity index (χ2n) is 4.37. The Morgan fingerprint density at radius 2 is 2.33 bits per heavy atom. The van der Waals surface area contributed by atoms with E-state index in [9.17, 15) is 8.42 Å². The summed E-state index contributed by atoms with van der Waals surface area (Å²) in [6, 6.07) is 3.31. The number of hydrogen-bond acceptors (Lipinski definition) is 6. The molecule has 0 radical (unpaired) electrons. The zero-order valence-electron chi connectivity index (χ0n) is 9.76. The van der Waals surface area contributed by atoms with Gasteiger partial charge in [-0.25, -0.2) is 13.4 Å². The van der Waals surface area contributed by atoms with Gasteiger partial charge in [0.15, 0.2) is 9.84 Å². The molecule has 1 fully saturated rings. The molecule has 18 heavy (non-hydrogen) atoms. The molecule has 1 aromatic heterocycles. The lowest BCUT2D eigenvalue weighted by atomic mass is 10.2. The minimum absolute atomic E-state index is 0.105. The maximum Gasteiger partial charge on any atom is 0.152 e. The van der Waals surface area contributed by atoms with Crippen LogP contribution in [0.3, 0.4) is 0 Å². The molecule has 0 amide bonds. The van der Waals surface area contributed by atoms with Crippen LogP contribution in [0, 0.1) is 11.3 Å². The lowest BCUT2D eigenvalue weighted by molar-refractivity contribution is 0.561. The highest BCUT2D eigenvalue weighted by molar-refractivity contribution is 7.91. The first-order valence-corrected chi connectivity index (χ1v) is 7.45. The third-order valence-electron chi connectivity index (χ3n) is 2.85. The van der Waals surface area contributed by atoms with Crippen LogP contribution in [0.5, 0.6) is 0 Å². The fourth-order valence-corrected chi connectivity index (χ4v) is 3.63. The van der Waals surface area contributed by atoms with Crippen LogP contribution in [0.1, 0.15) is 18.4 Å². The number of rotatable bonds is 2. The van der Waals surface area contributed by atoms with Crippen molar-refractivity contribution in [3.05, 3.63) is 17.8 Å². The highest BCUT2D eigenvalue weighted by atomic mass is 32.2. The van der Waals surface area contributed by atoms with Crippen LogP contribution in [-0.2, 0) is 9.84 Å². The molecule has 1 aliphatic rings. The van der Waals surface area contributed by atoms with Gasteiger partial charge < -0.3 is 11.1 Å². The molecule has 0 saturated carbocycles. The lowest BCUT2D eigenvalue weighted by Gasteiger charge is -2.24. The largest absolute Gasteiger partial charge is 0.396 e. The molecule has 1 aromatic rings. The fraction of sp³-hybridized carbons (Fsp3) is 0.455. The predicted octanol–water partition coefficient (Wildman–Crippen LogP) is 0.525. The van der Waals surface area contributed by atoms with Gasteiger partial charge in [-0.3, -0.25) is 0 Å². The summed E-state index contributed by atoms with van der Waals surface area (Å²) >= 11 is 0. The summed E-state index contributed by atoms with van der Waals surface area (Å²) in [7, 11) is -2.96. The predicted molar refractivity (Wildman–Crippen MR) is 68.7 cm³/mol. The second kappa shape index (κ2) is 4.82. The van der Waals surface area contributed by atoms with Crippen LogP contribution in [0.15, 0.2) is 12.3 Å². The molecule has 0 aliphatic carbocycles. The first kappa shape index (κ1) is 12.6. The number of pyridine rings is 1. The molecule has 0 spiro atoms. The van der Waals surface area contributed by atoms with Crippen molar-refractivity contribution in [1.29, 1.82) is 5.26 Å². The zero-order chi connectivity index (χ0) is 13.2. The number of nitrogens with two attached hydrogens (primary N) is 1. The van der Waals surface area contributed by atoms with Crippen LogP contribution in [0.4, 0.5) is 11.5 Å².